The number of hydrogen-bond donors (Lipinski definition) is 2. The van der Waals surface area contributed by atoms with Crippen LogP contribution in [0.15, 0.2) is 48.7 Å². The van der Waals surface area contributed by atoms with Crippen LogP contribution >= 0.6 is 0 Å². The number of aryl methyl sites for hydroxylation is 2. The Kier molecular flexibility index (Phi) is 4.14. The van der Waals surface area contributed by atoms with Crippen molar-refractivity contribution in [2.75, 3.05) is 10.6 Å². The number of benzene rings is 2. The molecule has 5 nitrogen and oxygen atoms in total. The minimum absolute atomic E-state index is 0.338. The fourth-order valence-corrected chi connectivity index (χ4v) is 2.19. The molecule has 116 valence electrons. The molecule has 3 rings (SSSR count). The number of nitrogens with one attached hydrogen (secondary N) is 2. The third-order valence-corrected chi connectivity index (χ3v) is 3.32. The van der Waals surface area contributed by atoms with Crippen molar-refractivity contribution in [2.24, 2.45) is 0 Å². The van der Waals surface area contributed by atoms with Crippen LogP contribution in [0.25, 0.3) is 0 Å². The molecule has 3 aromatic rings. The second-order valence-corrected chi connectivity index (χ2v) is 5.21. The molecule has 0 saturated carbocycles. The van der Waals surface area contributed by atoms with E-state index in [1.807, 2.05) is 26.0 Å². The Balaban J connectivity index is 1.81. The van der Waals surface area contributed by atoms with Gasteiger partial charge >= 0.3 is 0 Å². The van der Waals surface area contributed by atoms with Crippen LogP contribution < -0.4 is 10.6 Å². The summed E-state index contributed by atoms with van der Waals surface area (Å²) in [5.41, 5.74) is 3.51. The topological polar surface area (TPSA) is 62.7 Å². The Morgan fingerprint density at radius 2 is 1.78 bits per heavy atom. The van der Waals surface area contributed by atoms with Crippen LogP contribution in [-0.2, 0) is 0 Å². The molecule has 0 atom stereocenters. The maximum Gasteiger partial charge on any atom is 0.249 e. The van der Waals surface area contributed by atoms with Gasteiger partial charge in [0.15, 0.2) is 5.82 Å². The molecule has 1 aromatic heterocycles. The number of rotatable bonds is 4. The van der Waals surface area contributed by atoms with Crippen molar-refractivity contribution >= 4 is 23.1 Å². The molecule has 0 aliphatic heterocycles. The van der Waals surface area contributed by atoms with Crippen molar-refractivity contribution in [2.45, 2.75) is 13.8 Å². The van der Waals surface area contributed by atoms with Gasteiger partial charge in [-0.05, 0) is 37.6 Å². The van der Waals surface area contributed by atoms with E-state index in [9.17, 15) is 4.39 Å². The van der Waals surface area contributed by atoms with Crippen molar-refractivity contribution in [3.63, 3.8) is 0 Å². The van der Waals surface area contributed by atoms with E-state index in [2.05, 4.69) is 31.9 Å². The van der Waals surface area contributed by atoms with E-state index in [0.29, 0.717) is 17.5 Å². The molecule has 0 bridgehead atoms. The Labute approximate surface area is 133 Å². The van der Waals surface area contributed by atoms with Crippen LogP contribution in [0.1, 0.15) is 11.1 Å². The van der Waals surface area contributed by atoms with Gasteiger partial charge < -0.3 is 10.6 Å². The van der Waals surface area contributed by atoms with E-state index in [1.165, 1.54) is 17.8 Å². The SMILES string of the molecule is Cc1ccc(Nc2nncc(Nc3ccccc3F)n2)c(C)c1. The summed E-state index contributed by atoms with van der Waals surface area (Å²) in [5, 5.41) is 13.9. The zero-order valence-electron chi connectivity index (χ0n) is 12.8. The van der Waals surface area contributed by atoms with Crippen LogP contribution in [0.4, 0.5) is 27.5 Å². The van der Waals surface area contributed by atoms with E-state index >= 15 is 0 Å². The summed E-state index contributed by atoms with van der Waals surface area (Å²) in [6.45, 7) is 4.04. The molecule has 0 saturated heterocycles. The average Bonchev–Trinajstić information content (AvgIpc) is 2.53. The lowest BCUT2D eigenvalue weighted by Crippen LogP contribution is -2.04. The van der Waals surface area contributed by atoms with Crippen molar-refractivity contribution in [3.8, 4) is 0 Å². The van der Waals surface area contributed by atoms with Gasteiger partial charge in [-0.3, -0.25) is 0 Å². The number of anilines is 4. The largest absolute Gasteiger partial charge is 0.336 e. The molecular weight excluding hydrogens is 293 g/mol. The molecule has 0 aliphatic rings. The van der Waals surface area contributed by atoms with Crippen LogP contribution in [0.5, 0.6) is 0 Å². The molecule has 0 radical (unpaired) electrons. The van der Waals surface area contributed by atoms with Gasteiger partial charge in [-0.1, -0.05) is 29.8 Å². The standard InChI is InChI=1S/C17H16FN5/c1-11-7-8-14(12(2)9-11)21-17-22-16(10-19-23-17)20-15-6-4-3-5-13(15)18/h3-10H,1-2H3,(H2,20,21,22,23). The summed E-state index contributed by atoms with van der Waals surface area (Å²) in [4.78, 5) is 4.31. The third-order valence-electron chi connectivity index (χ3n) is 3.32. The van der Waals surface area contributed by atoms with E-state index in [4.69, 9.17) is 0 Å². The normalized spacial score (nSPS) is 10.4. The predicted octanol–water partition coefficient (Wildman–Crippen LogP) is 4.11. The van der Waals surface area contributed by atoms with Gasteiger partial charge in [0, 0.05) is 5.69 Å². The van der Waals surface area contributed by atoms with Gasteiger partial charge in [-0.2, -0.15) is 10.1 Å². The van der Waals surface area contributed by atoms with E-state index in [-0.39, 0.29) is 5.82 Å². The van der Waals surface area contributed by atoms with Crippen molar-refractivity contribution in [3.05, 3.63) is 65.6 Å². The summed E-state index contributed by atoms with van der Waals surface area (Å²) in [7, 11) is 0. The molecule has 1 heterocycles. The maximum absolute atomic E-state index is 13.7. The second kappa shape index (κ2) is 6.39. The Bertz CT molecular complexity index is 835. The molecule has 0 spiro atoms. The van der Waals surface area contributed by atoms with Crippen LogP contribution in [0.3, 0.4) is 0 Å². The molecule has 0 aliphatic carbocycles. The second-order valence-electron chi connectivity index (χ2n) is 5.21. The number of halogens is 1. The van der Waals surface area contributed by atoms with Crippen molar-refractivity contribution in [1.29, 1.82) is 0 Å². The summed E-state index contributed by atoms with van der Waals surface area (Å²) < 4.78 is 13.7. The number of aromatic nitrogens is 3. The highest BCUT2D eigenvalue weighted by molar-refractivity contribution is 5.61. The average molecular weight is 309 g/mol. The van der Waals surface area contributed by atoms with E-state index < -0.39 is 0 Å². The minimum atomic E-state index is -0.352. The number of nitrogens with zero attached hydrogens (tertiary/aromatic N) is 3. The lowest BCUT2D eigenvalue weighted by atomic mass is 10.1. The lowest BCUT2D eigenvalue weighted by Gasteiger charge is -2.10. The van der Waals surface area contributed by atoms with Crippen LogP contribution in [-0.4, -0.2) is 15.2 Å². The van der Waals surface area contributed by atoms with Gasteiger partial charge in [0.1, 0.15) is 5.82 Å². The Morgan fingerprint density at radius 1 is 0.957 bits per heavy atom. The fraction of sp³-hybridized carbons (Fsp3) is 0.118. The molecule has 2 N–H and O–H groups in total. The monoisotopic (exact) mass is 309 g/mol. The van der Waals surface area contributed by atoms with Crippen molar-refractivity contribution < 1.29 is 4.39 Å². The smallest absolute Gasteiger partial charge is 0.249 e. The highest BCUT2D eigenvalue weighted by Gasteiger charge is 2.06. The molecule has 23 heavy (non-hydrogen) atoms. The summed E-state index contributed by atoms with van der Waals surface area (Å²) in [6, 6.07) is 12.4. The third kappa shape index (κ3) is 3.60. The number of para-hydroxylation sites is 1. The van der Waals surface area contributed by atoms with E-state index in [1.54, 1.807) is 18.2 Å². The fourth-order valence-electron chi connectivity index (χ4n) is 2.19. The zero-order valence-corrected chi connectivity index (χ0v) is 12.8. The van der Waals surface area contributed by atoms with Gasteiger partial charge in [-0.15, -0.1) is 5.10 Å². The van der Waals surface area contributed by atoms with E-state index in [0.717, 1.165) is 11.3 Å². The highest BCUT2D eigenvalue weighted by atomic mass is 19.1. The van der Waals surface area contributed by atoms with Gasteiger partial charge in [-0.25, -0.2) is 4.39 Å². The summed E-state index contributed by atoms with van der Waals surface area (Å²) >= 11 is 0. The maximum atomic E-state index is 13.7. The molecule has 0 fully saturated rings. The highest BCUT2D eigenvalue weighted by Crippen LogP contribution is 2.21. The molecule has 0 amide bonds. The summed E-state index contributed by atoms with van der Waals surface area (Å²) in [5.74, 6) is 0.408. The van der Waals surface area contributed by atoms with Gasteiger partial charge in [0.2, 0.25) is 5.95 Å². The first-order valence-corrected chi connectivity index (χ1v) is 7.17. The van der Waals surface area contributed by atoms with Gasteiger partial charge in [0.05, 0.1) is 11.9 Å². The van der Waals surface area contributed by atoms with Crippen LogP contribution in [0, 0.1) is 19.7 Å². The quantitative estimate of drug-likeness (QED) is 0.759. The summed E-state index contributed by atoms with van der Waals surface area (Å²) in [6.07, 6.45) is 1.44. The van der Waals surface area contributed by atoms with Gasteiger partial charge in [0.25, 0.3) is 0 Å². The zero-order chi connectivity index (χ0) is 16.2. The molecule has 0 unspecified atom stereocenters. The van der Waals surface area contributed by atoms with Crippen molar-refractivity contribution in [1.82, 2.24) is 15.2 Å². The molecule has 2 aromatic carbocycles. The lowest BCUT2D eigenvalue weighted by molar-refractivity contribution is 0.632. The Morgan fingerprint density at radius 3 is 2.57 bits per heavy atom. The minimum Gasteiger partial charge on any atom is -0.336 e. The van der Waals surface area contributed by atoms with Crippen LogP contribution in [0.2, 0.25) is 0 Å². The molecule has 6 heteroatoms. The molecular formula is C17H16FN5. The first kappa shape index (κ1) is 14.9. The first-order valence-electron chi connectivity index (χ1n) is 7.17. The predicted molar refractivity (Wildman–Crippen MR) is 88.7 cm³/mol. The number of hydrogen-bond acceptors (Lipinski definition) is 5. The Hall–Kier alpha value is -3.02. The first-order chi connectivity index (χ1) is 11.1.